The summed E-state index contributed by atoms with van der Waals surface area (Å²) in [5.74, 6) is 0. The maximum Gasteiger partial charge on any atom is 0.0615 e. The lowest BCUT2D eigenvalue weighted by Gasteiger charge is -2.49. The molecule has 2 saturated heterocycles. The maximum absolute atomic E-state index is 6.33. The topological polar surface area (TPSA) is 51.0 Å². The molecule has 0 bridgehead atoms. The zero-order valence-corrected chi connectivity index (χ0v) is 14.0. The molecule has 3 unspecified atom stereocenters. The summed E-state index contributed by atoms with van der Waals surface area (Å²) >= 11 is 0. The molecule has 0 spiro atoms. The normalized spacial score (nSPS) is 31.6. The van der Waals surface area contributed by atoms with Crippen molar-refractivity contribution >= 4 is 0 Å². The highest BCUT2D eigenvalue weighted by Gasteiger charge is 2.51. The molecule has 0 aliphatic carbocycles. The Labute approximate surface area is 129 Å². The zero-order valence-electron chi connectivity index (χ0n) is 14.0. The van der Waals surface area contributed by atoms with Crippen molar-refractivity contribution in [1.29, 1.82) is 0 Å². The third-order valence-electron chi connectivity index (χ3n) is 5.47. The smallest absolute Gasteiger partial charge is 0.0615 e. The second kappa shape index (κ2) is 7.88. The Morgan fingerprint density at radius 3 is 2.76 bits per heavy atom. The largest absolute Gasteiger partial charge is 0.383 e. The molecule has 2 fully saturated rings. The lowest BCUT2D eigenvalue weighted by Crippen LogP contribution is -2.65. The first-order chi connectivity index (χ1) is 10.2. The van der Waals surface area contributed by atoms with Crippen LogP contribution < -0.4 is 5.73 Å². The molecule has 5 heteroatoms. The highest BCUT2D eigenvalue weighted by Crippen LogP contribution is 2.39. The van der Waals surface area contributed by atoms with Gasteiger partial charge in [-0.2, -0.15) is 0 Å². The van der Waals surface area contributed by atoms with Crippen molar-refractivity contribution in [2.75, 3.05) is 53.6 Å². The van der Waals surface area contributed by atoms with E-state index in [1.54, 1.807) is 14.2 Å². The molecule has 2 aliphatic rings. The number of ether oxygens (including phenoxy) is 2. The second-order valence-corrected chi connectivity index (χ2v) is 6.60. The summed E-state index contributed by atoms with van der Waals surface area (Å²) < 4.78 is 10.8. The molecule has 5 nitrogen and oxygen atoms in total. The fourth-order valence-corrected chi connectivity index (χ4v) is 4.46. The number of hydrogen-bond donors (Lipinski definition) is 1. The molecular weight excluding hydrogens is 266 g/mol. The summed E-state index contributed by atoms with van der Waals surface area (Å²) in [6, 6.07) is 0.975. The first-order valence-electron chi connectivity index (χ1n) is 8.38. The van der Waals surface area contributed by atoms with Gasteiger partial charge < -0.3 is 15.2 Å². The van der Waals surface area contributed by atoms with Crippen LogP contribution in [-0.2, 0) is 9.47 Å². The van der Waals surface area contributed by atoms with E-state index in [1.807, 2.05) is 0 Å². The first-order valence-corrected chi connectivity index (χ1v) is 8.38. The molecule has 0 aromatic heterocycles. The standard InChI is InChI=1S/C16H33N3O2/c1-14(12-21-3)19(10-11-20-2)16(13-17)7-9-18-8-5-4-6-15(16)18/h14-15H,4-13,17H2,1-3H3. The van der Waals surface area contributed by atoms with E-state index in [1.165, 1.54) is 38.8 Å². The van der Waals surface area contributed by atoms with E-state index in [0.29, 0.717) is 12.1 Å². The molecular formula is C16H33N3O2. The fraction of sp³-hybridized carbons (Fsp3) is 1.00. The monoisotopic (exact) mass is 299 g/mol. The van der Waals surface area contributed by atoms with Gasteiger partial charge in [-0.3, -0.25) is 9.80 Å². The lowest BCUT2D eigenvalue weighted by molar-refractivity contribution is -0.0250. The molecule has 0 saturated carbocycles. The highest BCUT2D eigenvalue weighted by molar-refractivity contribution is 5.09. The van der Waals surface area contributed by atoms with Crippen LogP contribution in [0.4, 0.5) is 0 Å². The van der Waals surface area contributed by atoms with Crippen LogP contribution >= 0.6 is 0 Å². The van der Waals surface area contributed by atoms with Crippen molar-refractivity contribution in [2.45, 2.75) is 50.2 Å². The lowest BCUT2D eigenvalue weighted by atomic mass is 9.82. The minimum absolute atomic E-state index is 0.0941. The van der Waals surface area contributed by atoms with Crippen LogP contribution in [0.1, 0.15) is 32.6 Å². The Morgan fingerprint density at radius 1 is 1.29 bits per heavy atom. The summed E-state index contributed by atoms with van der Waals surface area (Å²) in [7, 11) is 3.55. The summed E-state index contributed by atoms with van der Waals surface area (Å²) in [4.78, 5) is 5.24. The quantitative estimate of drug-likeness (QED) is 0.722. The third kappa shape index (κ3) is 3.42. The van der Waals surface area contributed by atoms with Gasteiger partial charge in [0.05, 0.1) is 18.8 Å². The predicted octanol–water partition coefficient (Wildman–Crippen LogP) is 0.925. The number of hydrogen-bond acceptors (Lipinski definition) is 5. The van der Waals surface area contributed by atoms with E-state index in [9.17, 15) is 0 Å². The third-order valence-corrected chi connectivity index (χ3v) is 5.47. The van der Waals surface area contributed by atoms with Crippen molar-refractivity contribution in [3.63, 3.8) is 0 Å². The number of methoxy groups -OCH3 is 2. The summed E-state index contributed by atoms with van der Waals surface area (Å²) in [5, 5.41) is 0. The number of nitrogens with two attached hydrogens (primary N) is 1. The van der Waals surface area contributed by atoms with Crippen molar-refractivity contribution in [1.82, 2.24) is 9.80 Å². The van der Waals surface area contributed by atoms with Crippen LogP contribution in [0.25, 0.3) is 0 Å². The van der Waals surface area contributed by atoms with Gasteiger partial charge in [0.15, 0.2) is 0 Å². The van der Waals surface area contributed by atoms with Crippen LogP contribution in [-0.4, -0.2) is 81.0 Å². The summed E-state index contributed by atoms with van der Waals surface area (Å²) in [5.41, 5.74) is 6.43. The molecule has 0 aromatic rings. The van der Waals surface area contributed by atoms with Crippen LogP contribution in [0.3, 0.4) is 0 Å². The number of rotatable bonds is 8. The highest BCUT2D eigenvalue weighted by atomic mass is 16.5. The molecule has 0 radical (unpaired) electrons. The number of nitrogens with zero attached hydrogens (tertiary/aromatic N) is 2. The zero-order chi connectivity index (χ0) is 15.3. The van der Waals surface area contributed by atoms with Gasteiger partial charge in [-0.05, 0) is 32.7 Å². The minimum Gasteiger partial charge on any atom is -0.383 e. The van der Waals surface area contributed by atoms with Crippen molar-refractivity contribution < 1.29 is 9.47 Å². The van der Waals surface area contributed by atoms with Gasteiger partial charge in [0.1, 0.15) is 0 Å². The Balaban J connectivity index is 2.20. The van der Waals surface area contributed by atoms with Crippen LogP contribution in [0, 0.1) is 0 Å². The van der Waals surface area contributed by atoms with Crippen molar-refractivity contribution in [2.24, 2.45) is 5.73 Å². The van der Waals surface area contributed by atoms with Gasteiger partial charge in [0.2, 0.25) is 0 Å². The molecule has 21 heavy (non-hydrogen) atoms. The van der Waals surface area contributed by atoms with Gasteiger partial charge in [0.25, 0.3) is 0 Å². The van der Waals surface area contributed by atoms with Gasteiger partial charge in [-0.1, -0.05) is 6.42 Å². The Hall–Kier alpha value is -0.200. The first kappa shape index (κ1) is 17.2. The van der Waals surface area contributed by atoms with Gasteiger partial charge in [-0.25, -0.2) is 0 Å². The van der Waals surface area contributed by atoms with E-state index < -0.39 is 0 Å². The second-order valence-electron chi connectivity index (χ2n) is 6.60. The Bertz CT molecular complexity index is 316. The van der Waals surface area contributed by atoms with Gasteiger partial charge in [0, 0.05) is 45.9 Å². The van der Waals surface area contributed by atoms with Crippen LogP contribution in [0.2, 0.25) is 0 Å². The Morgan fingerprint density at radius 2 is 2.10 bits per heavy atom. The van der Waals surface area contributed by atoms with Crippen LogP contribution in [0.15, 0.2) is 0 Å². The number of piperidine rings is 1. The number of fused-ring (bicyclic) bond motifs is 1. The van der Waals surface area contributed by atoms with E-state index >= 15 is 0 Å². The SMILES string of the molecule is COCCN(C(C)COC)C1(CN)CCN2CCCCC21. The van der Waals surface area contributed by atoms with Gasteiger partial charge >= 0.3 is 0 Å². The minimum atomic E-state index is 0.0941. The van der Waals surface area contributed by atoms with E-state index in [-0.39, 0.29) is 5.54 Å². The van der Waals surface area contributed by atoms with E-state index in [4.69, 9.17) is 15.2 Å². The molecule has 0 aromatic carbocycles. The fourth-order valence-electron chi connectivity index (χ4n) is 4.46. The average molecular weight is 299 g/mol. The van der Waals surface area contributed by atoms with Gasteiger partial charge in [-0.15, -0.1) is 0 Å². The molecule has 2 heterocycles. The summed E-state index contributed by atoms with van der Waals surface area (Å²) in [6.45, 7) is 7.84. The van der Waals surface area contributed by atoms with E-state index in [2.05, 4.69) is 16.7 Å². The Kier molecular flexibility index (Phi) is 6.44. The van der Waals surface area contributed by atoms with Crippen LogP contribution in [0.5, 0.6) is 0 Å². The predicted molar refractivity (Wildman–Crippen MR) is 85.5 cm³/mol. The summed E-state index contributed by atoms with van der Waals surface area (Å²) in [6.07, 6.45) is 5.12. The van der Waals surface area contributed by atoms with Crippen molar-refractivity contribution in [3.05, 3.63) is 0 Å². The maximum atomic E-state index is 6.33. The molecule has 2 rings (SSSR count). The van der Waals surface area contributed by atoms with E-state index in [0.717, 1.165) is 26.3 Å². The molecule has 2 aliphatic heterocycles. The molecule has 124 valence electrons. The molecule has 3 atom stereocenters. The van der Waals surface area contributed by atoms with Crippen molar-refractivity contribution in [3.8, 4) is 0 Å². The average Bonchev–Trinajstić information content (AvgIpc) is 2.88. The molecule has 0 amide bonds. The molecule has 2 N–H and O–H groups in total.